The van der Waals surface area contributed by atoms with Gasteiger partial charge in [-0.3, -0.25) is 4.79 Å². The van der Waals surface area contributed by atoms with E-state index in [1.807, 2.05) is 0 Å². The lowest BCUT2D eigenvalue weighted by atomic mass is 9.33. The molecule has 5 rings (SSSR count). The van der Waals surface area contributed by atoms with Crippen molar-refractivity contribution in [2.24, 2.45) is 50.6 Å². The largest absolute Gasteiger partial charge is 0.481 e. The lowest BCUT2D eigenvalue weighted by Gasteiger charge is -2.72. The van der Waals surface area contributed by atoms with E-state index >= 15 is 0 Å². The fourth-order valence-corrected chi connectivity index (χ4v) is 10.6. The molecule has 9 atom stereocenters. The van der Waals surface area contributed by atoms with Crippen LogP contribution in [0.15, 0.2) is 11.6 Å². The third-order valence-corrected chi connectivity index (χ3v) is 13.1. The summed E-state index contributed by atoms with van der Waals surface area (Å²) in [5.74, 6) is 0.115. The number of allylic oxidation sites excluding steroid dienone is 1. The number of hydrogen-bond acceptors (Lipinski definition) is 3. The van der Waals surface area contributed by atoms with Gasteiger partial charge in [-0.2, -0.15) is 0 Å². The molecule has 0 heterocycles. The van der Waals surface area contributed by atoms with Crippen molar-refractivity contribution >= 4 is 5.97 Å². The molecule has 4 N–H and O–H groups in total. The van der Waals surface area contributed by atoms with Crippen molar-refractivity contribution in [2.45, 2.75) is 117 Å². The molecule has 33 heavy (non-hydrogen) atoms. The summed E-state index contributed by atoms with van der Waals surface area (Å²) in [7, 11) is 0. The first-order valence-electron chi connectivity index (χ1n) is 13.6. The summed E-state index contributed by atoms with van der Waals surface area (Å²) in [5, 5.41) is 20.7. The predicted octanol–water partition coefficient (Wildman–Crippen LogP) is 5.92. The van der Waals surface area contributed by atoms with E-state index in [9.17, 15) is 15.0 Å². The molecule has 4 fully saturated rings. The van der Waals surface area contributed by atoms with Crippen molar-refractivity contribution in [1.29, 1.82) is 0 Å². The number of aliphatic carboxylic acids is 1. The Balaban J connectivity index is 1.60. The monoisotopic (exact) mass is 457 g/mol. The van der Waals surface area contributed by atoms with E-state index < -0.39 is 11.5 Å². The average Bonchev–Trinajstić information content (AvgIpc) is 2.72. The molecule has 4 saturated carbocycles. The second-order valence-electron chi connectivity index (χ2n) is 14.4. The third-order valence-electron chi connectivity index (χ3n) is 13.1. The Kier molecular flexibility index (Phi) is 4.97. The zero-order valence-electron chi connectivity index (χ0n) is 21.8. The van der Waals surface area contributed by atoms with Crippen LogP contribution in [0.3, 0.4) is 0 Å². The summed E-state index contributed by atoms with van der Waals surface area (Å²) >= 11 is 0. The molecule has 0 saturated heterocycles. The van der Waals surface area contributed by atoms with Crippen molar-refractivity contribution in [3.8, 4) is 0 Å². The fourth-order valence-electron chi connectivity index (χ4n) is 10.6. The van der Waals surface area contributed by atoms with Gasteiger partial charge in [-0.05, 0) is 109 Å². The van der Waals surface area contributed by atoms with Gasteiger partial charge in [-0.15, -0.1) is 0 Å². The maximum absolute atomic E-state index is 12.0. The van der Waals surface area contributed by atoms with Crippen LogP contribution in [0.25, 0.3) is 0 Å². The quantitative estimate of drug-likeness (QED) is 0.426. The Morgan fingerprint density at radius 3 is 2.30 bits per heavy atom. The normalized spacial score (nSPS) is 55.3. The van der Waals surface area contributed by atoms with Crippen molar-refractivity contribution < 1.29 is 15.0 Å². The number of rotatable bonds is 1. The minimum Gasteiger partial charge on any atom is -0.481 e. The van der Waals surface area contributed by atoms with Crippen LogP contribution in [0.4, 0.5) is 0 Å². The zero-order valence-corrected chi connectivity index (χ0v) is 21.8. The Hall–Kier alpha value is -0.870. The number of aliphatic hydroxyl groups excluding tert-OH is 1. The number of carboxylic acid groups (broad SMARTS) is 1. The van der Waals surface area contributed by atoms with Gasteiger partial charge in [-0.25, -0.2) is 0 Å². The number of hydrogen-bond donors (Lipinski definition) is 3. The highest BCUT2D eigenvalue weighted by Crippen LogP contribution is 2.75. The number of fused-ring (bicyclic) bond motifs is 7. The summed E-state index contributed by atoms with van der Waals surface area (Å²) < 4.78 is 0. The number of nitrogens with two attached hydrogens (primary N) is 1. The molecule has 0 bridgehead atoms. The lowest BCUT2D eigenvalue weighted by Crippen LogP contribution is -2.70. The Labute approximate surface area is 200 Å². The van der Waals surface area contributed by atoms with Crippen LogP contribution in [0.1, 0.15) is 106 Å². The van der Waals surface area contributed by atoms with Crippen LogP contribution < -0.4 is 5.73 Å². The van der Waals surface area contributed by atoms with Crippen LogP contribution in [0, 0.1) is 44.8 Å². The van der Waals surface area contributed by atoms with Gasteiger partial charge in [0.2, 0.25) is 0 Å². The van der Waals surface area contributed by atoms with E-state index in [0.717, 1.165) is 44.9 Å². The standard InChI is InChI=1S/C29H47NO3/c1-24(2)19-10-14-27(5)20(26(19,4)13-11-22(24)31)7-8-21-28(27,6)16-15-25(3)12-9-18(23(32)33)17-29(21,25)30/h8,18-20,22,31H,7,9-17,30H2,1-6H3,(H,32,33)/t18?,19?,20?,22-,25+,26?,27?,28?,29?/m0/s1. The van der Waals surface area contributed by atoms with E-state index in [2.05, 4.69) is 47.6 Å². The van der Waals surface area contributed by atoms with Crippen molar-refractivity contribution in [3.05, 3.63) is 11.6 Å². The number of aliphatic hydroxyl groups is 1. The lowest BCUT2D eigenvalue weighted by molar-refractivity contribution is -0.203. The average molecular weight is 458 g/mol. The smallest absolute Gasteiger partial charge is 0.306 e. The van der Waals surface area contributed by atoms with E-state index in [-0.39, 0.29) is 39.1 Å². The number of carboxylic acids is 1. The van der Waals surface area contributed by atoms with Gasteiger partial charge in [0.25, 0.3) is 0 Å². The molecular weight excluding hydrogens is 410 g/mol. The Bertz CT molecular complexity index is 895. The van der Waals surface area contributed by atoms with E-state index in [1.54, 1.807) is 0 Å². The topological polar surface area (TPSA) is 83.5 Å². The SMILES string of the molecule is CC12CC[C@H](O)C(C)(C)C1CCC1(C)C2CC=C2C1(C)CC[C@@]1(C)CCC(C(=O)O)CC21N. The van der Waals surface area contributed by atoms with Gasteiger partial charge in [0.1, 0.15) is 0 Å². The second kappa shape index (κ2) is 6.87. The molecule has 0 aliphatic heterocycles. The summed E-state index contributed by atoms with van der Waals surface area (Å²) in [5.41, 5.74) is 8.62. The van der Waals surface area contributed by atoms with E-state index in [0.29, 0.717) is 18.3 Å². The molecule has 0 radical (unpaired) electrons. The van der Waals surface area contributed by atoms with Gasteiger partial charge in [0, 0.05) is 5.54 Å². The van der Waals surface area contributed by atoms with Crippen LogP contribution in [0.5, 0.6) is 0 Å². The molecule has 7 unspecified atom stereocenters. The van der Waals surface area contributed by atoms with Gasteiger partial charge in [-0.1, -0.05) is 47.6 Å². The highest BCUT2D eigenvalue weighted by Gasteiger charge is 2.70. The maximum atomic E-state index is 12.0. The van der Waals surface area contributed by atoms with Crippen molar-refractivity contribution in [1.82, 2.24) is 0 Å². The highest BCUT2D eigenvalue weighted by molar-refractivity contribution is 5.70. The van der Waals surface area contributed by atoms with Gasteiger partial charge in [0.15, 0.2) is 0 Å². The van der Waals surface area contributed by atoms with Gasteiger partial charge in [0.05, 0.1) is 12.0 Å². The molecule has 4 heteroatoms. The maximum Gasteiger partial charge on any atom is 0.306 e. The summed E-state index contributed by atoms with van der Waals surface area (Å²) in [6.07, 6.45) is 12.2. The molecule has 5 aliphatic carbocycles. The fraction of sp³-hybridized carbons (Fsp3) is 0.897. The molecule has 0 spiro atoms. The molecule has 0 amide bonds. The van der Waals surface area contributed by atoms with E-state index in [1.165, 1.54) is 18.4 Å². The molecule has 0 aromatic rings. The minimum absolute atomic E-state index is 0.00840. The first kappa shape index (κ1) is 23.9. The molecular formula is C29H47NO3. The minimum atomic E-state index is -0.675. The first-order chi connectivity index (χ1) is 15.2. The van der Waals surface area contributed by atoms with Crippen LogP contribution in [-0.4, -0.2) is 27.8 Å². The van der Waals surface area contributed by atoms with Crippen molar-refractivity contribution in [2.75, 3.05) is 0 Å². The highest BCUT2D eigenvalue weighted by atomic mass is 16.4. The third kappa shape index (κ3) is 2.74. The molecule has 5 aliphatic rings. The van der Waals surface area contributed by atoms with Crippen LogP contribution >= 0.6 is 0 Å². The molecule has 0 aromatic heterocycles. The van der Waals surface area contributed by atoms with Gasteiger partial charge >= 0.3 is 5.97 Å². The predicted molar refractivity (Wildman–Crippen MR) is 131 cm³/mol. The zero-order chi connectivity index (χ0) is 24.2. The Morgan fingerprint density at radius 2 is 1.64 bits per heavy atom. The molecule has 0 aromatic carbocycles. The Morgan fingerprint density at radius 1 is 0.939 bits per heavy atom. The number of carbonyl (C=O) groups is 1. The van der Waals surface area contributed by atoms with Gasteiger partial charge < -0.3 is 15.9 Å². The van der Waals surface area contributed by atoms with Crippen molar-refractivity contribution in [3.63, 3.8) is 0 Å². The summed E-state index contributed by atoms with van der Waals surface area (Å²) in [4.78, 5) is 12.0. The van der Waals surface area contributed by atoms with Crippen LogP contribution in [0.2, 0.25) is 0 Å². The summed E-state index contributed by atoms with van der Waals surface area (Å²) in [6.45, 7) is 14.5. The first-order valence-corrected chi connectivity index (χ1v) is 13.6. The molecule has 186 valence electrons. The van der Waals surface area contributed by atoms with Crippen LogP contribution in [-0.2, 0) is 4.79 Å². The molecule has 4 nitrogen and oxygen atoms in total. The van der Waals surface area contributed by atoms with E-state index in [4.69, 9.17) is 5.73 Å². The second-order valence-corrected chi connectivity index (χ2v) is 14.4. The summed E-state index contributed by atoms with van der Waals surface area (Å²) in [6, 6.07) is 0.